The van der Waals surface area contributed by atoms with E-state index in [1.807, 2.05) is 24.3 Å². The first-order chi connectivity index (χ1) is 24.4. The number of alkyl halides is 2. The van der Waals surface area contributed by atoms with Gasteiger partial charge < -0.3 is 4.74 Å². The summed E-state index contributed by atoms with van der Waals surface area (Å²) < 4.78 is 135. The summed E-state index contributed by atoms with van der Waals surface area (Å²) in [6.07, 6.45) is 6.05. The summed E-state index contributed by atoms with van der Waals surface area (Å²) in [6, 6.07) is 15.8. The van der Waals surface area contributed by atoms with Gasteiger partial charge in [-0.1, -0.05) is 88.3 Å². The molecule has 0 aliphatic heterocycles. The van der Waals surface area contributed by atoms with E-state index in [0.717, 1.165) is 42.5 Å². The lowest BCUT2D eigenvalue weighted by molar-refractivity contribution is -0.189. The van der Waals surface area contributed by atoms with Crippen molar-refractivity contribution < 1.29 is 44.3 Å². The summed E-state index contributed by atoms with van der Waals surface area (Å²) in [5.41, 5.74) is -0.891. The molecule has 0 aliphatic rings. The van der Waals surface area contributed by atoms with Gasteiger partial charge in [0.1, 0.15) is 34.6 Å². The molecule has 0 bridgehead atoms. The monoisotopic (exact) mass is 714 g/mol. The van der Waals surface area contributed by atoms with Gasteiger partial charge in [-0.15, -0.1) is 0 Å². The first-order valence-corrected chi connectivity index (χ1v) is 16.8. The average Bonchev–Trinajstić information content (AvgIpc) is 3.08. The van der Waals surface area contributed by atoms with Crippen LogP contribution in [0.1, 0.15) is 69.4 Å². The highest BCUT2D eigenvalue weighted by atomic mass is 19.3. The topological polar surface area (TPSA) is 9.23 Å². The smallest absolute Gasteiger partial charge is 0.429 e. The first-order valence-electron chi connectivity index (χ1n) is 16.8. The Hall–Kier alpha value is -4.73. The lowest BCUT2D eigenvalue weighted by atomic mass is 9.97. The maximum absolute atomic E-state index is 15.3. The molecule has 51 heavy (non-hydrogen) atoms. The van der Waals surface area contributed by atoms with Crippen molar-refractivity contribution in [2.75, 3.05) is 0 Å². The van der Waals surface area contributed by atoms with Gasteiger partial charge in [-0.25, -0.2) is 30.7 Å². The van der Waals surface area contributed by atoms with E-state index in [2.05, 4.69) is 11.7 Å². The zero-order valence-electron chi connectivity index (χ0n) is 27.8. The lowest BCUT2D eigenvalue weighted by Crippen LogP contribution is -2.25. The molecule has 0 fully saturated rings. The van der Waals surface area contributed by atoms with Crippen molar-refractivity contribution in [3.63, 3.8) is 0 Å². The van der Waals surface area contributed by atoms with E-state index < -0.39 is 69.3 Å². The predicted molar refractivity (Wildman–Crippen MR) is 180 cm³/mol. The van der Waals surface area contributed by atoms with Crippen molar-refractivity contribution in [1.82, 2.24) is 0 Å². The fourth-order valence-electron chi connectivity index (χ4n) is 5.97. The van der Waals surface area contributed by atoms with E-state index in [0.29, 0.717) is 35.9 Å². The Morgan fingerprint density at radius 1 is 0.471 bits per heavy atom. The summed E-state index contributed by atoms with van der Waals surface area (Å²) in [5.74, 6) is -11.5. The largest absolute Gasteiger partial charge is 0.432 e. The third-order valence-electron chi connectivity index (χ3n) is 8.70. The SMILES string of the molecule is CCCCCCCCCCc1ccc(-c2ccc(-c3cc(F)c(C(F)(F)Oc4ccc(-c5cc(F)c(F)c(F)c5)c(F)c4)c(F)c3)c(F)c2)cc1. The number of halogens is 9. The number of ether oxygens (including phenoxy) is 1. The van der Waals surface area contributed by atoms with Crippen LogP contribution < -0.4 is 4.74 Å². The molecule has 0 radical (unpaired) electrons. The molecule has 0 spiro atoms. The number of hydrogen-bond acceptors (Lipinski definition) is 1. The van der Waals surface area contributed by atoms with Crippen molar-refractivity contribution in [1.29, 1.82) is 0 Å². The zero-order chi connectivity index (χ0) is 36.7. The van der Waals surface area contributed by atoms with Gasteiger partial charge in [0.2, 0.25) is 0 Å². The summed E-state index contributed by atoms with van der Waals surface area (Å²) in [7, 11) is 0. The van der Waals surface area contributed by atoms with E-state index in [4.69, 9.17) is 0 Å². The highest BCUT2D eigenvalue weighted by Crippen LogP contribution is 2.39. The lowest BCUT2D eigenvalue weighted by Gasteiger charge is -2.20. The highest BCUT2D eigenvalue weighted by Gasteiger charge is 2.41. The van der Waals surface area contributed by atoms with Crippen LogP contribution in [0, 0.1) is 40.7 Å². The molecule has 0 N–H and O–H groups in total. The number of benzene rings is 5. The van der Waals surface area contributed by atoms with Crippen LogP contribution in [0.15, 0.2) is 84.9 Å². The fourth-order valence-corrected chi connectivity index (χ4v) is 5.97. The molecular formula is C41H35F9O. The number of hydrogen-bond donors (Lipinski definition) is 0. The Kier molecular flexibility index (Phi) is 12.2. The van der Waals surface area contributed by atoms with Crippen molar-refractivity contribution in [2.24, 2.45) is 0 Å². The second kappa shape index (κ2) is 16.5. The Morgan fingerprint density at radius 3 is 1.49 bits per heavy atom. The van der Waals surface area contributed by atoms with Gasteiger partial charge >= 0.3 is 6.11 Å². The molecule has 1 nitrogen and oxygen atoms in total. The van der Waals surface area contributed by atoms with Crippen LogP contribution in [0.4, 0.5) is 39.5 Å². The quantitative estimate of drug-likeness (QED) is 0.0596. The molecule has 5 aromatic rings. The molecule has 268 valence electrons. The Labute approximate surface area is 290 Å². The highest BCUT2D eigenvalue weighted by molar-refractivity contribution is 5.72. The normalized spacial score (nSPS) is 11.6. The van der Waals surface area contributed by atoms with Crippen molar-refractivity contribution >= 4 is 0 Å². The van der Waals surface area contributed by atoms with Gasteiger partial charge in [0.05, 0.1) is 0 Å². The summed E-state index contributed by atoms with van der Waals surface area (Å²) in [6.45, 7) is 2.20. The molecule has 0 unspecified atom stereocenters. The van der Waals surface area contributed by atoms with Crippen LogP contribution in [-0.2, 0) is 12.5 Å². The number of aryl methyl sites for hydroxylation is 1. The second-order valence-electron chi connectivity index (χ2n) is 12.4. The number of rotatable bonds is 15. The minimum absolute atomic E-state index is 0.232. The first kappa shape index (κ1) is 37.5. The van der Waals surface area contributed by atoms with E-state index in [1.165, 1.54) is 50.7 Å². The second-order valence-corrected chi connectivity index (χ2v) is 12.4. The maximum Gasteiger partial charge on any atom is 0.432 e. The van der Waals surface area contributed by atoms with Crippen LogP contribution in [0.25, 0.3) is 33.4 Å². The number of unbranched alkanes of at least 4 members (excludes halogenated alkanes) is 7. The van der Waals surface area contributed by atoms with Crippen molar-refractivity contribution in [2.45, 2.75) is 70.8 Å². The van der Waals surface area contributed by atoms with Crippen LogP contribution in [0.3, 0.4) is 0 Å². The third-order valence-corrected chi connectivity index (χ3v) is 8.70. The van der Waals surface area contributed by atoms with E-state index in [-0.39, 0.29) is 11.1 Å². The molecule has 10 heteroatoms. The van der Waals surface area contributed by atoms with Crippen LogP contribution >= 0.6 is 0 Å². The van der Waals surface area contributed by atoms with E-state index in [9.17, 15) is 17.6 Å². The Morgan fingerprint density at radius 2 is 0.941 bits per heavy atom. The average molecular weight is 715 g/mol. The van der Waals surface area contributed by atoms with E-state index in [1.54, 1.807) is 6.07 Å². The molecule has 0 aliphatic carbocycles. The summed E-state index contributed by atoms with van der Waals surface area (Å²) in [4.78, 5) is 0. The molecular weight excluding hydrogens is 679 g/mol. The van der Waals surface area contributed by atoms with Crippen molar-refractivity contribution in [3.8, 4) is 39.1 Å². The molecule has 0 heterocycles. The van der Waals surface area contributed by atoms with Gasteiger partial charge in [0.25, 0.3) is 0 Å². The molecule has 0 saturated carbocycles. The minimum atomic E-state index is -4.67. The van der Waals surface area contributed by atoms with Gasteiger partial charge in [0, 0.05) is 17.2 Å². The molecule has 0 amide bonds. The van der Waals surface area contributed by atoms with Gasteiger partial charge in [-0.2, -0.15) is 8.78 Å². The molecule has 5 rings (SSSR count). The van der Waals surface area contributed by atoms with Gasteiger partial charge in [0.15, 0.2) is 17.5 Å². The standard InChI is InChI=1S/C41H35F9O/c1-2-3-4-5-6-7-8-9-10-25-11-13-26(14-12-25)27-15-17-31(33(42)19-27)28-20-35(44)39(36(45)21-28)41(49,50)51-30-16-18-32(34(43)24-30)29-22-37(46)40(48)38(47)23-29/h11-24H,2-10H2,1H3. The third kappa shape index (κ3) is 9.15. The van der Waals surface area contributed by atoms with Crippen LogP contribution in [0.5, 0.6) is 5.75 Å². The predicted octanol–water partition coefficient (Wildman–Crippen LogP) is 13.5. The van der Waals surface area contributed by atoms with Gasteiger partial charge in [-0.05, 0) is 83.1 Å². The molecule has 5 aromatic carbocycles. The van der Waals surface area contributed by atoms with Gasteiger partial charge in [-0.3, -0.25) is 0 Å². The summed E-state index contributed by atoms with van der Waals surface area (Å²) in [5, 5.41) is 0. The van der Waals surface area contributed by atoms with E-state index >= 15 is 22.0 Å². The molecule has 0 saturated heterocycles. The zero-order valence-corrected chi connectivity index (χ0v) is 27.8. The van der Waals surface area contributed by atoms with Crippen LogP contribution in [0.2, 0.25) is 0 Å². The summed E-state index contributed by atoms with van der Waals surface area (Å²) >= 11 is 0. The fraction of sp³-hybridized carbons (Fsp3) is 0.268. The minimum Gasteiger partial charge on any atom is -0.429 e. The Balaban J connectivity index is 1.26. The van der Waals surface area contributed by atoms with Crippen LogP contribution in [-0.4, -0.2) is 0 Å². The molecule has 0 atom stereocenters. The molecule has 0 aromatic heterocycles. The Bertz CT molecular complexity index is 1930. The van der Waals surface area contributed by atoms with Crippen molar-refractivity contribution in [3.05, 3.63) is 137 Å². The maximum atomic E-state index is 15.3.